The number of unbranched alkanes of at least 4 members (excludes halogenated alkanes) is 1. The molecule has 2 atom stereocenters. The lowest BCUT2D eigenvalue weighted by Gasteiger charge is -2.26. The van der Waals surface area contributed by atoms with Gasteiger partial charge in [-0.15, -0.1) is 0 Å². The molecule has 1 aliphatic heterocycles. The van der Waals surface area contributed by atoms with Gasteiger partial charge in [0.1, 0.15) is 11.7 Å². The van der Waals surface area contributed by atoms with Crippen molar-refractivity contribution in [3.8, 4) is 0 Å². The van der Waals surface area contributed by atoms with Crippen LogP contribution in [0.25, 0.3) is 0 Å². The molecule has 3 nitrogen and oxygen atoms in total. The van der Waals surface area contributed by atoms with E-state index in [0.29, 0.717) is 5.71 Å². The summed E-state index contributed by atoms with van der Waals surface area (Å²) < 4.78 is 1.07. The summed E-state index contributed by atoms with van der Waals surface area (Å²) in [5.41, 5.74) is 1.59. The van der Waals surface area contributed by atoms with E-state index in [-0.39, 0.29) is 18.3 Å². The van der Waals surface area contributed by atoms with Crippen molar-refractivity contribution in [2.24, 2.45) is 4.99 Å². The lowest BCUT2D eigenvalue weighted by atomic mass is 10.1. The van der Waals surface area contributed by atoms with Crippen molar-refractivity contribution in [3.63, 3.8) is 0 Å². The number of alkyl halides is 1. The Hall–Kier alpha value is -0.420. The predicted molar refractivity (Wildman–Crippen MR) is 87.2 cm³/mol. The van der Waals surface area contributed by atoms with Gasteiger partial charge in [0.25, 0.3) is 0 Å². The van der Waals surface area contributed by atoms with Gasteiger partial charge in [0, 0.05) is 11.0 Å². The molecule has 1 heterocycles. The average Bonchev–Trinajstić information content (AvgIpc) is 2.75. The first kappa shape index (κ1) is 16.0. The molecule has 0 amide bonds. The Labute approximate surface area is 133 Å². The first-order valence-corrected chi connectivity index (χ1v) is 8.20. The molecule has 0 spiro atoms. The van der Waals surface area contributed by atoms with Gasteiger partial charge in [0.2, 0.25) is 0 Å². The van der Waals surface area contributed by atoms with Crippen LogP contribution in [-0.2, 0) is 6.54 Å². The lowest BCUT2D eigenvalue weighted by Crippen LogP contribution is -2.36. The smallest absolute Gasteiger partial charge is 0.128 e. The summed E-state index contributed by atoms with van der Waals surface area (Å²) in [6.45, 7) is 2.86. The first-order chi connectivity index (χ1) is 9.65. The van der Waals surface area contributed by atoms with E-state index in [2.05, 4.69) is 44.9 Å². The largest absolute Gasteiger partial charge is 0.390 e. The SMILES string of the molecule is CCCC[C@@H]1N=C(CO)[C@H](Cl)N1Cc1ccc(Br)cc1. The number of aliphatic hydroxyl groups is 1. The summed E-state index contributed by atoms with van der Waals surface area (Å²) >= 11 is 9.87. The van der Waals surface area contributed by atoms with Crippen LogP contribution in [0.5, 0.6) is 0 Å². The van der Waals surface area contributed by atoms with Crippen molar-refractivity contribution in [1.29, 1.82) is 0 Å². The van der Waals surface area contributed by atoms with Gasteiger partial charge in [-0.25, -0.2) is 0 Å². The normalized spacial score (nSPS) is 23.1. The Bertz CT molecular complexity index is 463. The van der Waals surface area contributed by atoms with Crippen molar-refractivity contribution < 1.29 is 5.11 Å². The Balaban J connectivity index is 2.09. The summed E-state index contributed by atoms with van der Waals surface area (Å²) in [6, 6.07) is 8.23. The van der Waals surface area contributed by atoms with E-state index in [4.69, 9.17) is 11.6 Å². The van der Waals surface area contributed by atoms with Gasteiger partial charge in [-0.05, 0) is 24.1 Å². The molecule has 0 fully saturated rings. The number of hydrogen-bond donors (Lipinski definition) is 1. The molecular weight excluding hydrogens is 340 g/mol. The summed E-state index contributed by atoms with van der Waals surface area (Å²) in [7, 11) is 0. The third-order valence-corrected chi connectivity index (χ3v) is 4.55. The first-order valence-electron chi connectivity index (χ1n) is 6.97. The summed E-state index contributed by atoms with van der Waals surface area (Å²) in [4.78, 5) is 6.73. The molecule has 0 radical (unpaired) electrons. The summed E-state index contributed by atoms with van der Waals surface area (Å²) in [5.74, 6) is 0. The zero-order valence-electron chi connectivity index (χ0n) is 11.6. The maximum atomic E-state index is 9.35. The van der Waals surface area contributed by atoms with Crippen molar-refractivity contribution in [3.05, 3.63) is 34.3 Å². The minimum Gasteiger partial charge on any atom is -0.390 e. The molecular formula is C15H20BrClN2O. The van der Waals surface area contributed by atoms with Gasteiger partial charge in [0.15, 0.2) is 0 Å². The van der Waals surface area contributed by atoms with Gasteiger partial charge in [-0.3, -0.25) is 9.89 Å². The number of benzene rings is 1. The minimum absolute atomic E-state index is 0.0619. The van der Waals surface area contributed by atoms with E-state index in [1.807, 2.05) is 12.1 Å². The predicted octanol–water partition coefficient (Wildman–Crippen LogP) is 3.78. The number of aliphatic imine (C=N–C) groups is 1. The van der Waals surface area contributed by atoms with Crippen LogP contribution in [0.3, 0.4) is 0 Å². The average molecular weight is 360 g/mol. The number of aliphatic hydroxyl groups excluding tert-OH is 1. The molecule has 0 aromatic heterocycles. The second-order valence-electron chi connectivity index (χ2n) is 5.04. The molecule has 1 N–H and O–H groups in total. The Morgan fingerprint density at radius 2 is 2.05 bits per heavy atom. The van der Waals surface area contributed by atoms with Gasteiger partial charge < -0.3 is 5.11 Å². The van der Waals surface area contributed by atoms with Crippen LogP contribution in [0, 0.1) is 0 Å². The third-order valence-electron chi connectivity index (χ3n) is 3.52. The van der Waals surface area contributed by atoms with Crippen LogP contribution in [0.2, 0.25) is 0 Å². The van der Waals surface area contributed by atoms with E-state index >= 15 is 0 Å². The molecule has 0 unspecified atom stereocenters. The second-order valence-corrected chi connectivity index (χ2v) is 6.37. The molecule has 0 saturated carbocycles. The highest BCUT2D eigenvalue weighted by atomic mass is 79.9. The van der Waals surface area contributed by atoms with E-state index in [1.165, 1.54) is 5.56 Å². The molecule has 2 rings (SSSR count). The second kappa shape index (κ2) is 7.55. The Morgan fingerprint density at radius 1 is 1.35 bits per heavy atom. The topological polar surface area (TPSA) is 35.8 Å². The van der Waals surface area contributed by atoms with E-state index in [0.717, 1.165) is 30.3 Å². The van der Waals surface area contributed by atoms with Crippen LogP contribution in [0.4, 0.5) is 0 Å². The highest BCUT2D eigenvalue weighted by Gasteiger charge is 2.33. The van der Waals surface area contributed by atoms with E-state index in [1.54, 1.807) is 0 Å². The van der Waals surface area contributed by atoms with Crippen molar-refractivity contribution in [2.45, 2.75) is 44.4 Å². The molecule has 0 bridgehead atoms. The lowest BCUT2D eigenvalue weighted by molar-refractivity contribution is 0.210. The van der Waals surface area contributed by atoms with Gasteiger partial charge in [0.05, 0.1) is 12.3 Å². The van der Waals surface area contributed by atoms with Crippen molar-refractivity contribution in [1.82, 2.24) is 4.90 Å². The molecule has 1 aliphatic rings. The highest BCUT2D eigenvalue weighted by molar-refractivity contribution is 9.10. The maximum Gasteiger partial charge on any atom is 0.128 e. The fraction of sp³-hybridized carbons (Fsp3) is 0.533. The molecule has 5 heteroatoms. The fourth-order valence-electron chi connectivity index (χ4n) is 2.39. The van der Waals surface area contributed by atoms with Crippen molar-refractivity contribution in [2.75, 3.05) is 6.61 Å². The number of nitrogens with zero attached hydrogens (tertiary/aromatic N) is 2. The van der Waals surface area contributed by atoms with E-state index in [9.17, 15) is 5.11 Å². The minimum atomic E-state index is -0.300. The Kier molecular flexibility index (Phi) is 6.02. The molecule has 0 saturated heterocycles. The van der Waals surface area contributed by atoms with Crippen molar-refractivity contribution >= 4 is 33.2 Å². The van der Waals surface area contributed by atoms with Crippen LogP contribution >= 0.6 is 27.5 Å². The van der Waals surface area contributed by atoms with Gasteiger partial charge in [-0.1, -0.05) is 59.4 Å². The molecule has 1 aromatic carbocycles. The van der Waals surface area contributed by atoms with Crippen LogP contribution in [0.15, 0.2) is 33.7 Å². The van der Waals surface area contributed by atoms with Crippen LogP contribution in [0.1, 0.15) is 31.7 Å². The van der Waals surface area contributed by atoms with E-state index < -0.39 is 0 Å². The highest BCUT2D eigenvalue weighted by Crippen LogP contribution is 2.27. The number of rotatable bonds is 6. The third kappa shape index (κ3) is 3.82. The molecule has 110 valence electrons. The zero-order valence-corrected chi connectivity index (χ0v) is 13.9. The van der Waals surface area contributed by atoms with Gasteiger partial charge in [-0.2, -0.15) is 0 Å². The standard InChI is InChI=1S/C15H20BrClN2O/c1-2-3-4-14-18-13(10-20)15(17)19(14)9-11-5-7-12(16)8-6-11/h5-8,14-15,20H,2-4,9-10H2,1H3/t14-,15-/m1/s1. The summed E-state index contributed by atoms with van der Waals surface area (Å²) in [5, 5.41) is 9.35. The number of hydrogen-bond acceptors (Lipinski definition) is 3. The molecule has 1 aromatic rings. The quantitative estimate of drug-likeness (QED) is 0.620. The fourth-order valence-corrected chi connectivity index (χ4v) is 2.98. The number of halogens is 2. The Morgan fingerprint density at radius 3 is 2.65 bits per heavy atom. The maximum absolute atomic E-state index is 9.35. The van der Waals surface area contributed by atoms with Crippen LogP contribution < -0.4 is 0 Å². The summed E-state index contributed by atoms with van der Waals surface area (Å²) in [6.07, 6.45) is 3.33. The zero-order chi connectivity index (χ0) is 14.5. The monoisotopic (exact) mass is 358 g/mol. The van der Waals surface area contributed by atoms with Gasteiger partial charge >= 0.3 is 0 Å². The van der Waals surface area contributed by atoms with Crippen LogP contribution in [-0.4, -0.2) is 34.0 Å². The molecule has 0 aliphatic carbocycles. The molecule has 20 heavy (non-hydrogen) atoms.